The van der Waals surface area contributed by atoms with E-state index in [9.17, 15) is 9.59 Å². The van der Waals surface area contributed by atoms with Gasteiger partial charge in [0.1, 0.15) is 0 Å². The number of benzene rings is 1. The van der Waals surface area contributed by atoms with Crippen molar-refractivity contribution in [2.75, 3.05) is 6.79 Å². The van der Waals surface area contributed by atoms with Crippen molar-refractivity contribution < 1.29 is 14.3 Å². The van der Waals surface area contributed by atoms with Crippen molar-refractivity contribution >= 4 is 5.91 Å². The maximum Gasteiger partial charge on any atom is 0.264 e. The van der Waals surface area contributed by atoms with Crippen LogP contribution in [0.3, 0.4) is 0 Å². The largest absolute Gasteiger partial charge is 0.454 e. The normalized spacial score (nSPS) is 16.2. The van der Waals surface area contributed by atoms with Crippen LogP contribution >= 0.6 is 0 Å². The number of nitrogens with zero attached hydrogens (tertiary/aromatic N) is 2. The number of aromatic nitrogens is 2. The summed E-state index contributed by atoms with van der Waals surface area (Å²) >= 11 is 0. The molecule has 1 saturated carbocycles. The van der Waals surface area contributed by atoms with Crippen molar-refractivity contribution in [3.8, 4) is 11.5 Å². The third kappa shape index (κ3) is 3.22. The van der Waals surface area contributed by atoms with Crippen molar-refractivity contribution in [2.24, 2.45) is 0 Å². The Balaban J connectivity index is 1.62. The summed E-state index contributed by atoms with van der Waals surface area (Å²) in [6, 6.07) is 7.20. The molecule has 7 heteroatoms. The monoisotopic (exact) mass is 341 g/mol. The summed E-state index contributed by atoms with van der Waals surface area (Å²) in [6.45, 7) is 0.690. The smallest absolute Gasteiger partial charge is 0.264 e. The molecule has 130 valence electrons. The maximum atomic E-state index is 13.0. The van der Waals surface area contributed by atoms with Crippen molar-refractivity contribution in [3.63, 3.8) is 0 Å². The lowest BCUT2D eigenvalue weighted by Crippen LogP contribution is -2.38. The van der Waals surface area contributed by atoms with Crippen LogP contribution in [0.1, 0.15) is 41.6 Å². The van der Waals surface area contributed by atoms with Gasteiger partial charge < -0.3 is 14.4 Å². The summed E-state index contributed by atoms with van der Waals surface area (Å²) in [4.78, 5) is 26.4. The summed E-state index contributed by atoms with van der Waals surface area (Å²) < 4.78 is 10.8. The maximum absolute atomic E-state index is 13.0. The molecule has 2 heterocycles. The highest BCUT2D eigenvalue weighted by Crippen LogP contribution is 2.34. The van der Waals surface area contributed by atoms with Crippen LogP contribution in [-0.2, 0) is 6.54 Å². The molecule has 1 amide bonds. The highest BCUT2D eigenvalue weighted by molar-refractivity contribution is 5.94. The van der Waals surface area contributed by atoms with Gasteiger partial charge in [0.2, 0.25) is 6.79 Å². The van der Waals surface area contributed by atoms with Crippen LogP contribution in [0.15, 0.2) is 35.3 Å². The first-order valence-corrected chi connectivity index (χ1v) is 8.45. The van der Waals surface area contributed by atoms with E-state index < -0.39 is 0 Å². The molecule has 2 aliphatic rings. The van der Waals surface area contributed by atoms with Gasteiger partial charge in [0.25, 0.3) is 11.5 Å². The molecule has 0 atom stereocenters. The molecule has 1 aromatic heterocycles. The molecule has 1 aliphatic carbocycles. The first-order valence-electron chi connectivity index (χ1n) is 8.45. The van der Waals surface area contributed by atoms with Crippen molar-refractivity contribution in [1.82, 2.24) is 15.1 Å². The molecule has 2 aromatic rings. The topological polar surface area (TPSA) is 84.5 Å². The average molecular weight is 341 g/mol. The van der Waals surface area contributed by atoms with E-state index in [2.05, 4.69) is 10.2 Å². The van der Waals surface area contributed by atoms with Crippen molar-refractivity contribution in [2.45, 2.75) is 38.3 Å². The van der Waals surface area contributed by atoms with Gasteiger partial charge in [0.15, 0.2) is 11.5 Å². The molecule has 0 bridgehead atoms. The lowest BCUT2D eigenvalue weighted by molar-refractivity contribution is 0.0663. The number of hydrogen-bond acceptors (Lipinski definition) is 5. The molecule has 4 rings (SSSR count). The van der Waals surface area contributed by atoms with Crippen molar-refractivity contribution in [1.29, 1.82) is 0 Å². The minimum Gasteiger partial charge on any atom is -0.454 e. The van der Waals surface area contributed by atoms with E-state index in [-0.39, 0.29) is 24.3 Å². The number of rotatable bonds is 4. The molecule has 0 radical (unpaired) electrons. The molecular weight excluding hydrogens is 322 g/mol. The number of H-pyrrole nitrogens is 1. The van der Waals surface area contributed by atoms with Crippen LogP contribution in [0.2, 0.25) is 0 Å². The lowest BCUT2D eigenvalue weighted by atomic mass is 10.1. The second-order valence-electron chi connectivity index (χ2n) is 6.39. The van der Waals surface area contributed by atoms with E-state index in [1.165, 1.54) is 12.3 Å². The number of carbonyl (C=O) groups excluding carboxylic acids is 1. The second kappa shape index (κ2) is 6.58. The number of nitrogens with one attached hydrogen (secondary N) is 1. The quantitative estimate of drug-likeness (QED) is 0.920. The highest BCUT2D eigenvalue weighted by atomic mass is 16.7. The molecule has 7 nitrogen and oxygen atoms in total. The van der Waals surface area contributed by atoms with Gasteiger partial charge in [-0.25, -0.2) is 5.10 Å². The van der Waals surface area contributed by atoms with Crippen molar-refractivity contribution in [3.05, 3.63) is 51.9 Å². The van der Waals surface area contributed by atoms with Gasteiger partial charge in [-0.1, -0.05) is 18.9 Å². The molecule has 25 heavy (non-hydrogen) atoms. The lowest BCUT2D eigenvalue weighted by Gasteiger charge is -2.29. The fourth-order valence-corrected chi connectivity index (χ4v) is 3.48. The van der Waals surface area contributed by atoms with Crippen LogP contribution in [-0.4, -0.2) is 33.8 Å². The molecule has 1 fully saturated rings. The SMILES string of the molecule is O=C(c1cn[nH]c(=O)c1)N(Cc1ccc2c(c1)OCO2)C1CCCC1. The predicted octanol–water partition coefficient (Wildman–Crippen LogP) is 2.08. The van der Waals surface area contributed by atoms with Crippen LogP contribution in [0.5, 0.6) is 11.5 Å². The molecule has 0 unspecified atom stereocenters. The van der Waals surface area contributed by atoms with Gasteiger partial charge in [-0.15, -0.1) is 0 Å². The zero-order valence-electron chi connectivity index (χ0n) is 13.7. The summed E-state index contributed by atoms with van der Waals surface area (Å²) in [5, 5.41) is 6.05. The fourth-order valence-electron chi connectivity index (χ4n) is 3.48. The zero-order valence-corrected chi connectivity index (χ0v) is 13.7. The Labute approximate surface area is 144 Å². The Morgan fingerprint density at radius 1 is 1.20 bits per heavy atom. The van der Waals surface area contributed by atoms with E-state index in [1.54, 1.807) is 0 Å². The number of fused-ring (bicyclic) bond motifs is 1. The Hall–Kier alpha value is -2.83. The van der Waals surface area contributed by atoms with E-state index in [0.29, 0.717) is 17.9 Å². The Morgan fingerprint density at radius 2 is 2.00 bits per heavy atom. The van der Waals surface area contributed by atoms with Gasteiger partial charge in [-0.05, 0) is 30.5 Å². The van der Waals surface area contributed by atoms with E-state index >= 15 is 0 Å². The van der Waals surface area contributed by atoms with Crippen LogP contribution in [0, 0.1) is 0 Å². The minimum atomic E-state index is -0.375. The van der Waals surface area contributed by atoms with Gasteiger partial charge in [-0.2, -0.15) is 5.10 Å². The van der Waals surface area contributed by atoms with E-state index in [4.69, 9.17) is 9.47 Å². The molecule has 0 spiro atoms. The van der Waals surface area contributed by atoms with Gasteiger partial charge in [-0.3, -0.25) is 9.59 Å². The summed E-state index contributed by atoms with van der Waals surface area (Å²) in [5.41, 5.74) is 0.916. The summed E-state index contributed by atoms with van der Waals surface area (Å²) in [6.07, 6.45) is 5.59. The fraction of sp³-hybridized carbons (Fsp3) is 0.389. The third-order valence-electron chi connectivity index (χ3n) is 4.73. The van der Waals surface area contributed by atoms with Crippen LogP contribution in [0.4, 0.5) is 0 Å². The first-order chi connectivity index (χ1) is 12.2. The Bertz CT molecular complexity index is 842. The van der Waals surface area contributed by atoms with Gasteiger partial charge >= 0.3 is 0 Å². The first kappa shape index (κ1) is 15.7. The molecule has 1 N–H and O–H groups in total. The Kier molecular flexibility index (Phi) is 4.13. The molecule has 0 saturated heterocycles. The average Bonchev–Trinajstić information content (AvgIpc) is 3.30. The summed E-state index contributed by atoms with van der Waals surface area (Å²) in [5.74, 6) is 1.26. The van der Waals surface area contributed by atoms with Gasteiger partial charge in [0, 0.05) is 18.7 Å². The van der Waals surface area contributed by atoms with Crippen LogP contribution in [0.25, 0.3) is 0 Å². The van der Waals surface area contributed by atoms with Crippen LogP contribution < -0.4 is 15.0 Å². The van der Waals surface area contributed by atoms with E-state index in [0.717, 1.165) is 37.0 Å². The number of ether oxygens (including phenoxy) is 2. The number of carbonyl (C=O) groups is 1. The number of aromatic amines is 1. The summed E-state index contributed by atoms with van der Waals surface area (Å²) in [7, 11) is 0. The third-order valence-corrected chi connectivity index (χ3v) is 4.73. The standard InChI is InChI=1S/C18H19N3O4/c22-17-8-13(9-19-20-17)18(23)21(14-3-1-2-4-14)10-12-5-6-15-16(7-12)25-11-24-15/h5-9,14H,1-4,10-11H2,(H,20,22). The molecule has 1 aliphatic heterocycles. The van der Waals surface area contributed by atoms with E-state index in [1.807, 2.05) is 23.1 Å². The second-order valence-corrected chi connectivity index (χ2v) is 6.39. The highest BCUT2D eigenvalue weighted by Gasteiger charge is 2.28. The molecule has 1 aromatic carbocycles. The predicted molar refractivity (Wildman–Crippen MR) is 89.6 cm³/mol. The minimum absolute atomic E-state index is 0.164. The van der Waals surface area contributed by atoms with Gasteiger partial charge in [0.05, 0.1) is 11.8 Å². The Morgan fingerprint density at radius 3 is 2.80 bits per heavy atom. The molecular formula is C18H19N3O4. The number of amides is 1. The number of hydrogen-bond donors (Lipinski definition) is 1. The zero-order chi connectivity index (χ0) is 17.2.